The van der Waals surface area contributed by atoms with Gasteiger partial charge in [-0.1, -0.05) is 24.3 Å². The van der Waals surface area contributed by atoms with Crippen LogP contribution in [0, 0.1) is 5.92 Å². The van der Waals surface area contributed by atoms with Crippen molar-refractivity contribution in [2.24, 2.45) is 5.92 Å². The van der Waals surface area contributed by atoms with Crippen molar-refractivity contribution in [3.63, 3.8) is 0 Å². The first-order valence-corrected chi connectivity index (χ1v) is 7.44. The average molecular weight is 266 g/mol. The fourth-order valence-corrected chi connectivity index (χ4v) is 3.80. The molecule has 1 aromatic carbocycles. The summed E-state index contributed by atoms with van der Waals surface area (Å²) in [7, 11) is 0. The number of nitrogens with one attached hydrogen (secondary N) is 1. The van der Waals surface area contributed by atoms with E-state index < -0.39 is 0 Å². The number of piperidine rings is 1. The molecule has 2 bridgehead atoms. The van der Waals surface area contributed by atoms with Gasteiger partial charge in [0.2, 0.25) is 0 Å². The number of benzene rings is 1. The quantitative estimate of drug-likeness (QED) is 0.850. The number of hydrogen-bond donors (Lipinski definition) is 1. The van der Waals surface area contributed by atoms with Crippen LogP contribution in [-0.2, 0) is 0 Å². The number of pyridine rings is 1. The monoisotopic (exact) mass is 266 g/mol. The van der Waals surface area contributed by atoms with Gasteiger partial charge in [0.1, 0.15) is 0 Å². The lowest BCUT2D eigenvalue weighted by Crippen LogP contribution is -2.40. The Morgan fingerprint density at radius 3 is 2.65 bits per heavy atom. The fraction of sp³-hybridized carbons (Fsp3) is 0.412. The third-order valence-electron chi connectivity index (χ3n) is 4.78. The smallest absolute Gasteiger partial charge is 0.168 e. The van der Waals surface area contributed by atoms with Crippen LogP contribution in [0.3, 0.4) is 0 Å². The van der Waals surface area contributed by atoms with Crippen LogP contribution in [0.4, 0.5) is 0 Å². The van der Waals surface area contributed by atoms with E-state index in [2.05, 4.69) is 10.3 Å². The van der Waals surface area contributed by atoms with Gasteiger partial charge in [-0.25, -0.2) is 0 Å². The van der Waals surface area contributed by atoms with Crippen molar-refractivity contribution < 1.29 is 4.79 Å². The predicted molar refractivity (Wildman–Crippen MR) is 78.7 cm³/mol. The van der Waals surface area contributed by atoms with Gasteiger partial charge in [-0.2, -0.15) is 0 Å². The van der Waals surface area contributed by atoms with E-state index in [-0.39, 0.29) is 11.7 Å². The Hall–Kier alpha value is -1.74. The van der Waals surface area contributed by atoms with Gasteiger partial charge in [-0.15, -0.1) is 0 Å². The molecular formula is C17H18N2O. The van der Waals surface area contributed by atoms with Crippen LogP contribution in [0.5, 0.6) is 0 Å². The molecule has 3 heterocycles. The fourth-order valence-electron chi connectivity index (χ4n) is 3.80. The first-order chi connectivity index (χ1) is 9.81. The van der Waals surface area contributed by atoms with Crippen LogP contribution < -0.4 is 5.32 Å². The Bertz CT molecular complexity index is 650. The van der Waals surface area contributed by atoms with Crippen LogP contribution in [0.25, 0.3) is 10.8 Å². The zero-order valence-electron chi connectivity index (χ0n) is 11.4. The molecule has 3 heteroatoms. The first-order valence-electron chi connectivity index (χ1n) is 7.44. The topological polar surface area (TPSA) is 42.0 Å². The SMILES string of the molecule is O=C(c1cncc2ccccc12)C1CC2CCC(C1)N2. The second kappa shape index (κ2) is 4.67. The molecule has 0 amide bonds. The summed E-state index contributed by atoms with van der Waals surface area (Å²) >= 11 is 0. The Kier molecular flexibility index (Phi) is 2.81. The van der Waals surface area contributed by atoms with Crippen LogP contribution in [0.15, 0.2) is 36.7 Å². The number of hydrogen-bond acceptors (Lipinski definition) is 3. The number of Topliss-reactive ketones (excluding diaryl/α,β-unsaturated/α-hetero) is 1. The molecule has 2 aromatic rings. The number of carbonyl (C=O) groups excluding carboxylic acids is 1. The van der Waals surface area contributed by atoms with Gasteiger partial charge in [0, 0.05) is 41.3 Å². The van der Waals surface area contributed by atoms with Gasteiger partial charge in [0.15, 0.2) is 5.78 Å². The lowest BCUT2D eigenvalue weighted by atomic mass is 9.85. The highest BCUT2D eigenvalue weighted by Crippen LogP contribution is 2.33. The summed E-state index contributed by atoms with van der Waals surface area (Å²) in [5, 5.41) is 5.69. The standard InChI is InChI=1S/C17H18N2O/c20-17(12-7-13-5-6-14(8-12)19-13)16-10-18-9-11-3-1-2-4-15(11)16/h1-4,9-10,12-14,19H,5-8H2. The highest BCUT2D eigenvalue weighted by Gasteiger charge is 2.37. The van der Waals surface area contributed by atoms with Gasteiger partial charge in [0.25, 0.3) is 0 Å². The minimum absolute atomic E-state index is 0.168. The van der Waals surface area contributed by atoms with Crippen molar-refractivity contribution in [1.82, 2.24) is 10.3 Å². The van der Waals surface area contributed by atoms with E-state index in [1.54, 1.807) is 6.20 Å². The Labute approximate surface area is 118 Å². The molecule has 2 saturated heterocycles. The van der Waals surface area contributed by atoms with Crippen molar-refractivity contribution in [3.05, 3.63) is 42.2 Å². The maximum atomic E-state index is 12.9. The Balaban J connectivity index is 1.70. The van der Waals surface area contributed by atoms with Crippen molar-refractivity contribution in [2.45, 2.75) is 37.8 Å². The molecule has 4 rings (SSSR count). The molecule has 0 radical (unpaired) electrons. The summed E-state index contributed by atoms with van der Waals surface area (Å²) in [6.45, 7) is 0. The van der Waals surface area contributed by atoms with Crippen LogP contribution >= 0.6 is 0 Å². The molecule has 2 aliphatic heterocycles. The van der Waals surface area contributed by atoms with Gasteiger partial charge in [0.05, 0.1) is 0 Å². The Morgan fingerprint density at radius 2 is 1.85 bits per heavy atom. The van der Waals surface area contributed by atoms with Gasteiger partial charge in [-0.05, 0) is 31.1 Å². The zero-order chi connectivity index (χ0) is 13.5. The number of nitrogens with zero attached hydrogens (tertiary/aromatic N) is 1. The lowest BCUT2D eigenvalue weighted by molar-refractivity contribution is 0.0877. The number of carbonyl (C=O) groups is 1. The van der Waals surface area contributed by atoms with E-state index >= 15 is 0 Å². The maximum absolute atomic E-state index is 12.9. The van der Waals surface area contributed by atoms with E-state index in [1.165, 1.54) is 12.8 Å². The molecule has 2 aliphatic rings. The summed E-state index contributed by atoms with van der Waals surface area (Å²) in [6.07, 6.45) is 7.99. The molecule has 3 nitrogen and oxygen atoms in total. The first kappa shape index (κ1) is 12.0. The molecule has 0 saturated carbocycles. The van der Waals surface area contributed by atoms with Gasteiger partial charge in [-0.3, -0.25) is 9.78 Å². The number of aromatic nitrogens is 1. The molecule has 20 heavy (non-hydrogen) atoms. The van der Waals surface area contributed by atoms with Gasteiger partial charge >= 0.3 is 0 Å². The molecule has 2 unspecified atom stereocenters. The number of fused-ring (bicyclic) bond motifs is 3. The molecular weight excluding hydrogens is 248 g/mol. The van der Waals surface area contributed by atoms with E-state index in [1.807, 2.05) is 30.5 Å². The van der Waals surface area contributed by atoms with E-state index in [0.29, 0.717) is 12.1 Å². The highest BCUT2D eigenvalue weighted by molar-refractivity contribution is 6.08. The molecule has 2 atom stereocenters. The third-order valence-corrected chi connectivity index (χ3v) is 4.78. The van der Waals surface area contributed by atoms with Gasteiger partial charge < -0.3 is 5.32 Å². The van der Waals surface area contributed by atoms with Crippen LogP contribution in [0.1, 0.15) is 36.0 Å². The van der Waals surface area contributed by atoms with E-state index in [9.17, 15) is 4.79 Å². The van der Waals surface area contributed by atoms with E-state index in [0.717, 1.165) is 29.2 Å². The molecule has 102 valence electrons. The molecule has 1 N–H and O–H groups in total. The van der Waals surface area contributed by atoms with Crippen molar-refractivity contribution in [3.8, 4) is 0 Å². The summed E-state index contributed by atoms with van der Waals surface area (Å²) in [6, 6.07) is 9.12. The zero-order valence-corrected chi connectivity index (χ0v) is 11.4. The van der Waals surface area contributed by atoms with Crippen LogP contribution in [0.2, 0.25) is 0 Å². The predicted octanol–water partition coefficient (Wildman–Crippen LogP) is 2.95. The summed E-state index contributed by atoms with van der Waals surface area (Å²) in [5.74, 6) is 0.453. The largest absolute Gasteiger partial charge is 0.311 e. The van der Waals surface area contributed by atoms with Crippen molar-refractivity contribution >= 4 is 16.6 Å². The van der Waals surface area contributed by atoms with E-state index in [4.69, 9.17) is 0 Å². The summed E-state index contributed by atoms with van der Waals surface area (Å²) in [5.41, 5.74) is 0.800. The normalized spacial score (nSPS) is 28.7. The lowest BCUT2D eigenvalue weighted by Gasteiger charge is -2.28. The van der Waals surface area contributed by atoms with Crippen LogP contribution in [-0.4, -0.2) is 22.9 Å². The minimum Gasteiger partial charge on any atom is -0.311 e. The maximum Gasteiger partial charge on any atom is 0.168 e. The minimum atomic E-state index is 0.168. The average Bonchev–Trinajstić information content (AvgIpc) is 2.84. The number of rotatable bonds is 2. The second-order valence-electron chi connectivity index (χ2n) is 6.08. The third kappa shape index (κ3) is 1.93. The Morgan fingerprint density at radius 1 is 1.10 bits per heavy atom. The summed E-state index contributed by atoms with van der Waals surface area (Å²) < 4.78 is 0. The molecule has 1 aromatic heterocycles. The highest BCUT2D eigenvalue weighted by atomic mass is 16.1. The summed E-state index contributed by atoms with van der Waals surface area (Å²) in [4.78, 5) is 17.1. The van der Waals surface area contributed by atoms with Crippen molar-refractivity contribution in [2.75, 3.05) is 0 Å². The molecule has 0 spiro atoms. The second-order valence-corrected chi connectivity index (χ2v) is 6.08. The molecule has 2 fully saturated rings. The number of ketones is 1. The van der Waals surface area contributed by atoms with Crippen molar-refractivity contribution in [1.29, 1.82) is 0 Å². The molecule has 0 aliphatic carbocycles.